The third kappa shape index (κ3) is 2.67. The van der Waals surface area contributed by atoms with Gasteiger partial charge >= 0.3 is 5.97 Å². The molecule has 0 bridgehead atoms. The summed E-state index contributed by atoms with van der Waals surface area (Å²) in [7, 11) is 0. The highest BCUT2D eigenvalue weighted by molar-refractivity contribution is 5.99. The fraction of sp³-hybridized carbons (Fsp3) is 0.467. The topological polar surface area (TPSA) is 75.6 Å². The Balaban J connectivity index is 2.26. The van der Waals surface area contributed by atoms with Gasteiger partial charge in [-0.25, -0.2) is 4.79 Å². The predicted octanol–water partition coefficient (Wildman–Crippen LogP) is 2.51. The molecule has 1 saturated heterocycles. The van der Waals surface area contributed by atoms with Crippen molar-refractivity contribution in [3.63, 3.8) is 0 Å². The summed E-state index contributed by atoms with van der Waals surface area (Å²) in [6, 6.07) is 3.26. The number of carbonyl (C=O) groups excluding carboxylic acids is 1. The maximum Gasteiger partial charge on any atom is 0.336 e. The number of aromatic carboxylic acids is 1. The summed E-state index contributed by atoms with van der Waals surface area (Å²) in [5.74, 6) is -1.22. The molecule has 20 heavy (non-hydrogen) atoms. The maximum atomic E-state index is 12.2. The number of rotatable bonds is 3. The van der Waals surface area contributed by atoms with Crippen LogP contribution in [0.25, 0.3) is 0 Å². The van der Waals surface area contributed by atoms with E-state index in [0.29, 0.717) is 24.3 Å². The lowest BCUT2D eigenvalue weighted by Gasteiger charge is -2.22. The lowest BCUT2D eigenvalue weighted by atomic mass is 10.00. The van der Waals surface area contributed by atoms with Crippen LogP contribution in [0, 0.1) is 13.8 Å². The van der Waals surface area contributed by atoms with E-state index in [0.717, 1.165) is 12.0 Å². The van der Waals surface area contributed by atoms with E-state index in [1.165, 1.54) is 6.07 Å². The average molecular weight is 277 g/mol. The Hall–Kier alpha value is -1.88. The van der Waals surface area contributed by atoms with Crippen LogP contribution in [0.5, 0.6) is 0 Å². The van der Waals surface area contributed by atoms with Crippen LogP contribution in [0.2, 0.25) is 0 Å². The summed E-state index contributed by atoms with van der Waals surface area (Å²) in [6.07, 6.45) is 1.53. The molecule has 0 aliphatic carbocycles. The number of ether oxygens (including phenoxy) is 1. The first-order valence-corrected chi connectivity index (χ1v) is 6.63. The van der Waals surface area contributed by atoms with Crippen LogP contribution in [-0.2, 0) is 9.53 Å². The van der Waals surface area contributed by atoms with Crippen LogP contribution >= 0.6 is 0 Å². The average Bonchev–Trinajstić information content (AvgIpc) is 2.81. The Labute approximate surface area is 117 Å². The molecule has 0 radical (unpaired) electrons. The van der Waals surface area contributed by atoms with Gasteiger partial charge in [0.05, 0.1) is 5.56 Å². The number of carboxylic acids is 1. The molecule has 1 aromatic rings. The van der Waals surface area contributed by atoms with Gasteiger partial charge in [0, 0.05) is 12.3 Å². The molecule has 5 heteroatoms. The van der Waals surface area contributed by atoms with E-state index in [2.05, 4.69) is 5.32 Å². The van der Waals surface area contributed by atoms with Crippen LogP contribution in [0.15, 0.2) is 12.1 Å². The Morgan fingerprint density at radius 3 is 2.60 bits per heavy atom. The van der Waals surface area contributed by atoms with Crippen molar-refractivity contribution in [1.82, 2.24) is 0 Å². The third-order valence-electron chi connectivity index (χ3n) is 3.85. The van der Waals surface area contributed by atoms with Gasteiger partial charge in [0.25, 0.3) is 5.91 Å². The number of aryl methyl sites for hydroxylation is 1. The summed E-state index contributed by atoms with van der Waals surface area (Å²) in [5, 5.41) is 11.9. The fourth-order valence-electron chi connectivity index (χ4n) is 2.38. The van der Waals surface area contributed by atoms with Crippen molar-refractivity contribution in [1.29, 1.82) is 0 Å². The van der Waals surface area contributed by atoms with Crippen LogP contribution in [0.3, 0.4) is 0 Å². The molecule has 1 unspecified atom stereocenters. The first kappa shape index (κ1) is 14.5. The first-order chi connectivity index (χ1) is 9.33. The molecule has 2 N–H and O–H groups in total. The molecular weight excluding hydrogens is 258 g/mol. The van der Waals surface area contributed by atoms with Gasteiger partial charge < -0.3 is 15.2 Å². The zero-order chi connectivity index (χ0) is 14.9. The van der Waals surface area contributed by atoms with Crippen molar-refractivity contribution in [2.45, 2.75) is 39.2 Å². The molecule has 1 fully saturated rings. The van der Waals surface area contributed by atoms with E-state index < -0.39 is 11.6 Å². The van der Waals surface area contributed by atoms with Gasteiger partial charge in [-0.15, -0.1) is 0 Å². The Bertz CT molecular complexity index is 559. The van der Waals surface area contributed by atoms with Crippen molar-refractivity contribution < 1.29 is 19.4 Å². The van der Waals surface area contributed by atoms with Gasteiger partial charge in [0.2, 0.25) is 0 Å². The molecule has 0 spiro atoms. The van der Waals surface area contributed by atoms with E-state index >= 15 is 0 Å². The SMILES string of the molecule is Cc1cc(NC(=O)C2(C)CCCO2)cc(C(=O)O)c1C. The lowest BCUT2D eigenvalue weighted by molar-refractivity contribution is -0.133. The summed E-state index contributed by atoms with van der Waals surface area (Å²) >= 11 is 0. The summed E-state index contributed by atoms with van der Waals surface area (Å²) in [6.45, 7) is 5.92. The monoisotopic (exact) mass is 277 g/mol. The van der Waals surface area contributed by atoms with E-state index in [9.17, 15) is 14.7 Å². The molecule has 1 aromatic carbocycles. The zero-order valence-corrected chi connectivity index (χ0v) is 11.9. The van der Waals surface area contributed by atoms with Crippen LogP contribution in [-0.4, -0.2) is 29.2 Å². The minimum atomic E-state index is -0.995. The number of carbonyl (C=O) groups is 2. The highest BCUT2D eigenvalue weighted by atomic mass is 16.5. The van der Waals surface area contributed by atoms with Crippen LogP contribution < -0.4 is 5.32 Å². The van der Waals surface area contributed by atoms with Crippen molar-refractivity contribution in [3.8, 4) is 0 Å². The summed E-state index contributed by atoms with van der Waals surface area (Å²) in [4.78, 5) is 23.4. The molecular formula is C15H19NO4. The second-order valence-corrected chi connectivity index (χ2v) is 5.41. The van der Waals surface area contributed by atoms with E-state index in [1.807, 2.05) is 6.92 Å². The minimum Gasteiger partial charge on any atom is -0.478 e. The molecule has 1 heterocycles. The van der Waals surface area contributed by atoms with Gasteiger partial charge in [-0.05, 0) is 56.9 Å². The normalized spacial score (nSPS) is 21.8. The minimum absolute atomic E-state index is 0.206. The molecule has 5 nitrogen and oxygen atoms in total. The molecule has 108 valence electrons. The number of nitrogens with one attached hydrogen (secondary N) is 1. The molecule has 1 atom stereocenters. The smallest absolute Gasteiger partial charge is 0.336 e. The highest BCUT2D eigenvalue weighted by Crippen LogP contribution is 2.27. The predicted molar refractivity (Wildman–Crippen MR) is 75.1 cm³/mol. The van der Waals surface area contributed by atoms with Crippen LogP contribution in [0.1, 0.15) is 41.3 Å². The standard InChI is InChI=1S/C15H19NO4/c1-9-7-11(8-12(10(9)2)13(17)18)16-14(19)15(3)5-4-6-20-15/h7-8H,4-6H2,1-3H3,(H,16,19)(H,17,18). The van der Waals surface area contributed by atoms with E-state index in [4.69, 9.17) is 4.74 Å². The highest BCUT2D eigenvalue weighted by Gasteiger charge is 2.37. The molecule has 1 aliphatic rings. The lowest BCUT2D eigenvalue weighted by Crippen LogP contribution is -2.39. The van der Waals surface area contributed by atoms with Gasteiger partial charge in [-0.3, -0.25) is 4.79 Å². The van der Waals surface area contributed by atoms with E-state index in [1.54, 1.807) is 19.9 Å². The quantitative estimate of drug-likeness (QED) is 0.890. The Morgan fingerprint density at radius 2 is 2.05 bits per heavy atom. The summed E-state index contributed by atoms with van der Waals surface area (Å²) in [5.41, 5.74) is 1.42. The maximum absolute atomic E-state index is 12.2. The van der Waals surface area contributed by atoms with Crippen molar-refractivity contribution in [2.75, 3.05) is 11.9 Å². The van der Waals surface area contributed by atoms with E-state index in [-0.39, 0.29) is 11.5 Å². The largest absolute Gasteiger partial charge is 0.478 e. The fourth-order valence-corrected chi connectivity index (χ4v) is 2.38. The number of hydrogen-bond donors (Lipinski definition) is 2. The molecule has 0 aromatic heterocycles. The molecule has 1 amide bonds. The number of carboxylic acid groups (broad SMARTS) is 1. The number of hydrogen-bond acceptors (Lipinski definition) is 3. The van der Waals surface area contributed by atoms with Gasteiger partial charge in [-0.1, -0.05) is 0 Å². The molecule has 1 aliphatic heterocycles. The Morgan fingerprint density at radius 1 is 1.35 bits per heavy atom. The number of anilines is 1. The number of benzene rings is 1. The van der Waals surface area contributed by atoms with Crippen molar-refractivity contribution in [2.24, 2.45) is 0 Å². The second-order valence-electron chi connectivity index (χ2n) is 5.41. The zero-order valence-electron chi connectivity index (χ0n) is 11.9. The van der Waals surface area contributed by atoms with Crippen LogP contribution in [0.4, 0.5) is 5.69 Å². The molecule has 0 saturated carbocycles. The van der Waals surface area contributed by atoms with Crippen molar-refractivity contribution >= 4 is 17.6 Å². The molecule has 2 rings (SSSR count). The van der Waals surface area contributed by atoms with Gasteiger partial charge in [0.1, 0.15) is 5.60 Å². The van der Waals surface area contributed by atoms with Crippen molar-refractivity contribution in [3.05, 3.63) is 28.8 Å². The first-order valence-electron chi connectivity index (χ1n) is 6.63. The number of amides is 1. The third-order valence-corrected chi connectivity index (χ3v) is 3.85. The Kier molecular flexibility index (Phi) is 3.81. The van der Waals surface area contributed by atoms with Gasteiger partial charge in [0.15, 0.2) is 0 Å². The second kappa shape index (κ2) is 5.25. The van der Waals surface area contributed by atoms with Gasteiger partial charge in [-0.2, -0.15) is 0 Å². The summed E-state index contributed by atoms with van der Waals surface area (Å²) < 4.78 is 5.48.